The van der Waals surface area contributed by atoms with Crippen molar-refractivity contribution < 1.29 is 4.74 Å². The fourth-order valence-corrected chi connectivity index (χ4v) is 4.49. The lowest BCUT2D eigenvalue weighted by atomic mass is 10.2. The Bertz CT molecular complexity index is 1300. The SMILES string of the molecule is Nc1c(Sc2nnc(COc3ccccc3Cl)n2C2CC2)c(=O)[nH]c2ccccc12. The van der Waals surface area contributed by atoms with Gasteiger partial charge in [0.1, 0.15) is 17.3 Å². The molecule has 0 unspecified atom stereocenters. The molecule has 1 fully saturated rings. The summed E-state index contributed by atoms with van der Waals surface area (Å²) in [6.45, 7) is 0.233. The number of nitrogens with zero attached hydrogens (tertiary/aromatic N) is 3. The molecule has 5 rings (SSSR count). The maximum atomic E-state index is 12.7. The summed E-state index contributed by atoms with van der Waals surface area (Å²) in [7, 11) is 0. The van der Waals surface area contributed by atoms with Crippen LogP contribution in [0.1, 0.15) is 24.7 Å². The molecule has 9 heteroatoms. The van der Waals surface area contributed by atoms with Crippen LogP contribution in [0.2, 0.25) is 5.02 Å². The van der Waals surface area contributed by atoms with Crippen molar-refractivity contribution in [2.45, 2.75) is 35.5 Å². The van der Waals surface area contributed by atoms with Gasteiger partial charge in [0.2, 0.25) is 0 Å². The molecule has 1 aliphatic rings. The van der Waals surface area contributed by atoms with E-state index < -0.39 is 0 Å². The van der Waals surface area contributed by atoms with Crippen molar-refractivity contribution in [3.63, 3.8) is 0 Å². The van der Waals surface area contributed by atoms with Crippen LogP contribution in [-0.4, -0.2) is 19.7 Å². The zero-order chi connectivity index (χ0) is 20.7. The second-order valence-corrected chi connectivity index (χ2v) is 8.45. The lowest BCUT2D eigenvalue weighted by Gasteiger charge is -2.11. The number of anilines is 1. The third-order valence-electron chi connectivity index (χ3n) is 4.95. The first-order valence-corrected chi connectivity index (χ1v) is 10.7. The van der Waals surface area contributed by atoms with Gasteiger partial charge in [-0.25, -0.2) is 0 Å². The van der Waals surface area contributed by atoms with E-state index in [-0.39, 0.29) is 12.2 Å². The zero-order valence-corrected chi connectivity index (χ0v) is 17.4. The summed E-state index contributed by atoms with van der Waals surface area (Å²) in [5.74, 6) is 1.28. The number of pyridine rings is 1. The van der Waals surface area contributed by atoms with Crippen LogP contribution in [0.5, 0.6) is 5.75 Å². The van der Waals surface area contributed by atoms with Crippen LogP contribution in [0, 0.1) is 0 Å². The minimum Gasteiger partial charge on any atom is -0.484 e. The Kier molecular flexibility index (Phi) is 4.88. The van der Waals surface area contributed by atoms with Gasteiger partial charge in [-0.05, 0) is 42.8 Å². The van der Waals surface area contributed by atoms with Crippen molar-refractivity contribution in [2.75, 3.05) is 5.73 Å². The summed E-state index contributed by atoms with van der Waals surface area (Å²) in [4.78, 5) is 16.0. The molecule has 2 aromatic carbocycles. The lowest BCUT2D eigenvalue weighted by molar-refractivity contribution is 0.288. The third-order valence-corrected chi connectivity index (χ3v) is 6.33. The number of para-hydroxylation sites is 2. The lowest BCUT2D eigenvalue weighted by Crippen LogP contribution is -2.13. The number of halogens is 1. The topological polar surface area (TPSA) is 98.8 Å². The summed E-state index contributed by atoms with van der Waals surface area (Å²) in [6, 6.07) is 15.1. The monoisotopic (exact) mass is 439 g/mol. The molecule has 2 aromatic heterocycles. The van der Waals surface area contributed by atoms with Crippen LogP contribution in [0.3, 0.4) is 0 Å². The van der Waals surface area contributed by atoms with E-state index in [9.17, 15) is 4.79 Å². The molecular weight excluding hydrogens is 422 g/mol. The van der Waals surface area contributed by atoms with E-state index in [0.717, 1.165) is 18.2 Å². The number of nitrogen functional groups attached to an aromatic ring is 1. The van der Waals surface area contributed by atoms with Crippen molar-refractivity contribution in [1.29, 1.82) is 0 Å². The fraction of sp³-hybridized carbons (Fsp3) is 0.190. The first-order chi connectivity index (χ1) is 14.6. The zero-order valence-electron chi connectivity index (χ0n) is 15.8. The van der Waals surface area contributed by atoms with E-state index in [1.54, 1.807) is 6.07 Å². The minimum atomic E-state index is -0.240. The van der Waals surface area contributed by atoms with Gasteiger partial charge >= 0.3 is 0 Å². The van der Waals surface area contributed by atoms with Gasteiger partial charge in [0.25, 0.3) is 5.56 Å². The van der Waals surface area contributed by atoms with Crippen LogP contribution in [0.25, 0.3) is 10.9 Å². The summed E-state index contributed by atoms with van der Waals surface area (Å²) in [5.41, 5.74) is 7.24. The van der Waals surface area contributed by atoms with Gasteiger partial charge in [-0.1, -0.05) is 41.9 Å². The summed E-state index contributed by atoms with van der Waals surface area (Å²) < 4.78 is 7.89. The van der Waals surface area contributed by atoms with Crippen molar-refractivity contribution in [3.05, 3.63) is 69.7 Å². The van der Waals surface area contributed by atoms with Crippen molar-refractivity contribution in [2.24, 2.45) is 0 Å². The molecule has 4 aromatic rings. The van der Waals surface area contributed by atoms with E-state index in [4.69, 9.17) is 22.1 Å². The first kappa shape index (κ1) is 19.0. The van der Waals surface area contributed by atoms with Crippen LogP contribution in [0.15, 0.2) is 63.4 Å². The van der Waals surface area contributed by atoms with Gasteiger partial charge in [0.15, 0.2) is 11.0 Å². The van der Waals surface area contributed by atoms with Crippen molar-refractivity contribution in [3.8, 4) is 5.75 Å². The molecule has 0 atom stereocenters. The Morgan fingerprint density at radius 2 is 1.93 bits per heavy atom. The first-order valence-electron chi connectivity index (χ1n) is 9.51. The summed E-state index contributed by atoms with van der Waals surface area (Å²) in [5, 5.41) is 10.6. The Balaban J connectivity index is 1.47. The normalized spacial score (nSPS) is 13.6. The maximum Gasteiger partial charge on any atom is 0.264 e. The van der Waals surface area contributed by atoms with Crippen LogP contribution < -0.4 is 16.0 Å². The van der Waals surface area contributed by atoms with Gasteiger partial charge in [-0.3, -0.25) is 9.36 Å². The molecule has 1 saturated carbocycles. The highest BCUT2D eigenvalue weighted by Crippen LogP contribution is 2.41. The number of nitrogens with two attached hydrogens (primary N) is 1. The molecule has 152 valence electrons. The highest BCUT2D eigenvalue weighted by Gasteiger charge is 2.30. The van der Waals surface area contributed by atoms with E-state index in [1.807, 2.05) is 47.0 Å². The van der Waals surface area contributed by atoms with E-state index in [2.05, 4.69) is 15.2 Å². The van der Waals surface area contributed by atoms with Gasteiger partial charge in [-0.15, -0.1) is 10.2 Å². The second-order valence-electron chi connectivity index (χ2n) is 7.06. The van der Waals surface area contributed by atoms with Gasteiger partial charge in [0.05, 0.1) is 16.2 Å². The Labute approximate surface area is 181 Å². The third kappa shape index (κ3) is 3.53. The Hall–Kier alpha value is -2.97. The number of H-pyrrole nitrogens is 1. The van der Waals surface area contributed by atoms with Crippen LogP contribution in [-0.2, 0) is 6.61 Å². The van der Waals surface area contributed by atoms with E-state index in [1.165, 1.54) is 11.8 Å². The predicted molar refractivity (Wildman–Crippen MR) is 117 cm³/mol. The number of nitrogens with one attached hydrogen (secondary N) is 1. The standard InChI is InChI=1S/C21H18ClN5O2S/c22-14-6-2-4-8-16(14)29-11-17-25-26-21(27(17)12-9-10-12)30-19-18(23)13-5-1-3-7-15(13)24-20(19)28/h1-8,12H,9-11H2,(H3,23,24,28). The quantitative estimate of drug-likeness (QED) is 0.461. The molecule has 7 nitrogen and oxygen atoms in total. The number of aromatic amines is 1. The van der Waals surface area contributed by atoms with Gasteiger partial charge in [0, 0.05) is 11.4 Å². The smallest absolute Gasteiger partial charge is 0.264 e. The Morgan fingerprint density at radius 1 is 1.17 bits per heavy atom. The van der Waals surface area contributed by atoms with E-state index in [0.29, 0.717) is 43.9 Å². The fourth-order valence-electron chi connectivity index (χ4n) is 3.32. The molecular formula is C21H18ClN5O2S. The molecule has 0 amide bonds. The number of hydrogen-bond acceptors (Lipinski definition) is 6. The van der Waals surface area contributed by atoms with E-state index >= 15 is 0 Å². The minimum absolute atomic E-state index is 0.233. The average molecular weight is 440 g/mol. The molecule has 30 heavy (non-hydrogen) atoms. The molecule has 3 N–H and O–H groups in total. The number of benzene rings is 2. The number of ether oxygens (including phenoxy) is 1. The van der Waals surface area contributed by atoms with Gasteiger partial charge in [-0.2, -0.15) is 0 Å². The van der Waals surface area contributed by atoms with Crippen LogP contribution >= 0.6 is 23.4 Å². The molecule has 2 heterocycles. The van der Waals surface area contributed by atoms with Crippen molar-refractivity contribution >= 4 is 40.0 Å². The molecule has 0 radical (unpaired) electrons. The predicted octanol–water partition coefficient (Wildman–Crippen LogP) is 4.42. The highest BCUT2D eigenvalue weighted by atomic mass is 35.5. The largest absolute Gasteiger partial charge is 0.484 e. The Morgan fingerprint density at radius 3 is 2.73 bits per heavy atom. The summed E-state index contributed by atoms with van der Waals surface area (Å²) >= 11 is 7.41. The number of aromatic nitrogens is 4. The number of rotatable bonds is 6. The summed E-state index contributed by atoms with van der Waals surface area (Å²) in [6.07, 6.45) is 2.07. The van der Waals surface area contributed by atoms with Crippen LogP contribution in [0.4, 0.5) is 5.69 Å². The average Bonchev–Trinajstić information content (AvgIpc) is 3.51. The molecule has 0 aliphatic heterocycles. The molecule has 0 spiro atoms. The highest BCUT2D eigenvalue weighted by molar-refractivity contribution is 7.99. The molecule has 0 saturated heterocycles. The molecule has 0 bridgehead atoms. The maximum absolute atomic E-state index is 12.7. The molecule has 1 aliphatic carbocycles. The number of fused-ring (bicyclic) bond motifs is 1. The second kappa shape index (κ2) is 7.70. The van der Waals surface area contributed by atoms with Gasteiger partial charge < -0.3 is 15.5 Å². The number of hydrogen-bond donors (Lipinski definition) is 2. The van der Waals surface area contributed by atoms with Crippen molar-refractivity contribution in [1.82, 2.24) is 19.7 Å².